The summed E-state index contributed by atoms with van der Waals surface area (Å²) in [5.74, 6) is 0.335. The lowest BCUT2D eigenvalue weighted by atomic mass is 9.80. The molecule has 0 rings (SSSR count). The van der Waals surface area contributed by atoms with Crippen LogP contribution in [-0.2, 0) is 13.3 Å². The van der Waals surface area contributed by atoms with Crippen molar-refractivity contribution in [3.63, 3.8) is 0 Å². The van der Waals surface area contributed by atoms with E-state index in [2.05, 4.69) is 27.7 Å². The van der Waals surface area contributed by atoms with Crippen molar-refractivity contribution in [3.8, 4) is 0 Å². The minimum atomic E-state index is -2.74. The van der Waals surface area contributed by atoms with Crippen molar-refractivity contribution < 1.29 is 13.3 Å². The third-order valence-corrected chi connectivity index (χ3v) is 10.3. The van der Waals surface area contributed by atoms with Crippen LogP contribution in [0.1, 0.15) is 130 Å². The quantitative estimate of drug-likeness (QED) is 0.132. The molecule has 2 N–H and O–H groups in total. The molecule has 188 valence electrons. The largest absolute Gasteiger partial charge is 0.503 e. The van der Waals surface area contributed by atoms with Crippen molar-refractivity contribution in [2.45, 2.75) is 142 Å². The van der Waals surface area contributed by atoms with E-state index in [0.29, 0.717) is 5.92 Å². The molecule has 2 atom stereocenters. The van der Waals surface area contributed by atoms with Gasteiger partial charge in [-0.25, -0.2) is 0 Å². The lowest BCUT2D eigenvalue weighted by molar-refractivity contribution is 0.0869. The van der Waals surface area contributed by atoms with Crippen LogP contribution >= 0.6 is 0 Å². The molecule has 0 aromatic carbocycles. The highest BCUT2D eigenvalue weighted by Gasteiger charge is 2.52. The standard InChI is InChI=1S/C26H57NO3Si/c1-8-10-11-12-13-14-15-16-17-18-19-20-21-23-25(31(28-5,29-6)30-7)24(22-9-2)26(3,4)27/h24-25H,8-23,27H2,1-7H3. The Balaban J connectivity index is 4.38. The molecular weight excluding hydrogens is 402 g/mol. The summed E-state index contributed by atoms with van der Waals surface area (Å²) in [4.78, 5) is 0. The van der Waals surface area contributed by atoms with Crippen molar-refractivity contribution in [2.75, 3.05) is 21.3 Å². The van der Waals surface area contributed by atoms with E-state index in [4.69, 9.17) is 19.0 Å². The Morgan fingerprint density at radius 1 is 0.613 bits per heavy atom. The average molecular weight is 460 g/mol. The van der Waals surface area contributed by atoms with Gasteiger partial charge in [-0.1, -0.05) is 104 Å². The molecule has 0 saturated carbocycles. The molecule has 4 nitrogen and oxygen atoms in total. The number of nitrogens with two attached hydrogens (primary N) is 1. The van der Waals surface area contributed by atoms with Crippen molar-refractivity contribution in [1.82, 2.24) is 0 Å². The van der Waals surface area contributed by atoms with Crippen LogP contribution in [0.2, 0.25) is 5.54 Å². The van der Waals surface area contributed by atoms with Gasteiger partial charge in [0.1, 0.15) is 0 Å². The van der Waals surface area contributed by atoms with Gasteiger partial charge in [0.25, 0.3) is 0 Å². The van der Waals surface area contributed by atoms with E-state index in [9.17, 15) is 0 Å². The lowest BCUT2D eigenvalue weighted by Gasteiger charge is -2.43. The molecular formula is C26H57NO3Si. The van der Waals surface area contributed by atoms with E-state index in [0.717, 1.165) is 19.3 Å². The highest BCUT2D eigenvalue weighted by atomic mass is 28.4. The summed E-state index contributed by atoms with van der Waals surface area (Å²) in [6, 6.07) is 0. The Hall–Kier alpha value is 0.0569. The molecule has 0 saturated heterocycles. The zero-order valence-electron chi connectivity index (χ0n) is 22.3. The van der Waals surface area contributed by atoms with Gasteiger partial charge >= 0.3 is 8.80 Å². The zero-order valence-corrected chi connectivity index (χ0v) is 23.3. The predicted octanol–water partition coefficient (Wildman–Crippen LogP) is 7.87. The summed E-state index contributed by atoms with van der Waals surface area (Å²) >= 11 is 0. The van der Waals surface area contributed by atoms with Crippen LogP contribution in [0.4, 0.5) is 0 Å². The van der Waals surface area contributed by atoms with E-state index >= 15 is 0 Å². The van der Waals surface area contributed by atoms with Crippen LogP contribution in [0.25, 0.3) is 0 Å². The summed E-state index contributed by atoms with van der Waals surface area (Å²) in [6.45, 7) is 8.80. The first kappa shape index (κ1) is 31.1. The number of hydrogen-bond acceptors (Lipinski definition) is 4. The van der Waals surface area contributed by atoms with Gasteiger partial charge in [-0.05, 0) is 32.6 Å². The smallest absolute Gasteiger partial charge is 0.377 e. The first-order chi connectivity index (χ1) is 14.8. The molecule has 0 aliphatic rings. The summed E-state index contributed by atoms with van der Waals surface area (Å²) in [5.41, 5.74) is 6.60. The first-order valence-corrected chi connectivity index (χ1v) is 15.1. The maximum absolute atomic E-state index is 6.63. The third-order valence-electron chi connectivity index (χ3n) is 6.97. The Kier molecular flexibility index (Phi) is 18.5. The van der Waals surface area contributed by atoms with Crippen molar-refractivity contribution in [1.29, 1.82) is 0 Å². The molecule has 0 aliphatic carbocycles. The molecule has 5 heteroatoms. The molecule has 0 fully saturated rings. The normalized spacial score (nSPS) is 14.7. The van der Waals surface area contributed by atoms with Gasteiger partial charge in [0.15, 0.2) is 0 Å². The average Bonchev–Trinajstić information content (AvgIpc) is 2.74. The van der Waals surface area contributed by atoms with Crippen LogP contribution in [0, 0.1) is 5.92 Å². The third kappa shape index (κ3) is 12.8. The fourth-order valence-corrected chi connectivity index (χ4v) is 8.17. The number of rotatable bonds is 22. The number of unbranched alkanes of at least 4 members (excludes halogenated alkanes) is 12. The van der Waals surface area contributed by atoms with E-state index in [1.165, 1.54) is 83.5 Å². The first-order valence-electron chi connectivity index (χ1n) is 13.3. The molecule has 0 aromatic rings. The summed E-state index contributed by atoms with van der Waals surface area (Å²) in [5, 5.41) is 0. The molecule has 0 bridgehead atoms. The Morgan fingerprint density at radius 3 is 1.32 bits per heavy atom. The fraction of sp³-hybridized carbons (Fsp3) is 1.00. The predicted molar refractivity (Wildman–Crippen MR) is 138 cm³/mol. The SMILES string of the molecule is CCCCCCCCCCCCCCCC(C(CCC)C(C)(C)N)[Si](OC)(OC)OC. The zero-order chi connectivity index (χ0) is 23.6. The monoisotopic (exact) mass is 459 g/mol. The van der Waals surface area contributed by atoms with Crippen molar-refractivity contribution in [2.24, 2.45) is 11.7 Å². The van der Waals surface area contributed by atoms with Crippen LogP contribution < -0.4 is 5.73 Å². The van der Waals surface area contributed by atoms with Gasteiger partial charge in [-0.15, -0.1) is 0 Å². The molecule has 31 heavy (non-hydrogen) atoms. The van der Waals surface area contributed by atoms with Crippen LogP contribution in [-0.4, -0.2) is 35.7 Å². The summed E-state index contributed by atoms with van der Waals surface area (Å²) < 4.78 is 17.8. The minimum absolute atomic E-state index is 0.250. The van der Waals surface area contributed by atoms with Crippen LogP contribution in [0.3, 0.4) is 0 Å². The molecule has 0 spiro atoms. The van der Waals surface area contributed by atoms with Crippen molar-refractivity contribution >= 4 is 8.80 Å². The van der Waals surface area contributed by atoms with Gasteiger partial charge in [-0.2, -0.15) is 0 Å². The number of hydrogen-bond donors (Lipinski definition) is 1. The second kappa shape index (κ2) is 18.5. The van der Waals surface area contributed by atoms with Crippen molar-refractivity contribution in [3.05, 3.63) is 0 Å². The molecule has 0 aliphatic heterocycles. The van der Waals surface area contributed by atoms with Gasteiger partial charge in [0.05, 0.1) is 0 Å². The fourth-order valence-electron chi connectivity index (χ4n) is 5.11. The summed E-state index contributed by atoms with van der Waals surface area (Å²) in [7, 11) is 2.48. The maximum atomic E-state index is 6.63. The van der Waals surface area contributed by atoms with Gasteiger partial charge in [0.2, 0.25) is 0 Å². The topological polar surface area (TPSA) is 53.7 Å². The van der Waals surface area contributed by atoms with E-state index in [-0.39, 0.29) is 11.1 Å². The second-order valence-electron chi connectivity index (χ2n) is 10.1. The Morgan fingerprint density at radius 2 is 1.00 bits per heavy atom. The van der Waals surface area contributed by atoms with E-state index in [1.807, 2.05) is 0 Å². The second-order valence-corrected chi connectivity index (χ2v) is 13.2. The lowest BCUT2D eigenvalue weighted by Crippen LogP contribution is -2.55. The summed E-state index contributed by atoms with van der Waals surface area (Å²) in [6.07, 6.45) is 21.1. The highest BCUT2D eigenvalue weighted by molar-refractivity contribution is 6.62. The van der Waals surface area contributed by atoms with Crippen LogP contribution in [0.5, 0.6) is 0 Å². The Labute approximate surface area is 196 Å². The molecule has 0 radical (unpaired) electrons. The van der Waals surface area contributed by atoms with Gasteiger partial charge in [0, 0.05) is 32.4 Å². The van der Waals surface area contributed by atoms with E-state index in [1.54, 1.807) is 21.3 Å². The molecule has 0 heterocycles. The van der Waals surface area contributed by atoms with Crippen LogP contribution in [0.15, 0.2) is 0 Å². The highest BCUT2D eigenvalue weighted by Crippen LogP contribution is 2.43. The van der Waals surface area contributed by atoms with E-state index < -0.39 is 8.80 Å². The molecule has 0 aromatic heterocycles. The maximum Gasteiger partial charge on any atom is 0.503 e. The minimum Gasteiger partial charge on any atom is -0.377 e. The molecule has 0 amide bonds. The Bertz CT molecular complexity index is 388. The molecule has 2 unspecified atom stereocenters. The van der Waals surface area contributed by atoms with Gasteiger partial charge in [-0.3, -0.25) is 0 Å². The van der Waals surface area contributed by atoms with Gasteiger partial charge < -0.3 is 19.0 Å².